The summed E-state index contributed by atoms with van der Waals surface area (Å²) in [6.07, 6.45) is 4.28. The van der Waals surface area contributed by atoms with Crippen LogP contribution < -0.4 is 5.32 Å². The molecule has 1 amide bonds. The minimum Gasteiger partial charge on any atom is -0.481 e. The van der Waals surface area contributed by atoms with E-state index in [4.69, 9.17) is 0 Å². The quantitative estimate of drug-likeness (QED) is 0.851. The minimum atomic E-state index is -0.810. The number of carboxylic acid groups (broad SMARTS) is 1. The first-order chi connectivity index (χ1) is 11.1. The van der Waals surface area contributed by atoms with Crippen LogP contribution >= 0.6 is 0 Å². The highest BCUT2D eigenvalue weighted by Crippen LogP contribution is 2.24. The second-order valence-corrected chi connectivity index (χ2v) is 6.22. The van der Waals surface area contributed by atoms with Crippen LogP contribution in [0, 0.1) is 5.92 Å². The van der Waals surface area contributed by atoms with Crippen molar-refractivity contribution in [2.45, 2.75) is 38.1 Å². The number of aliphatic carboxylic acids is 1. The van der Waals surface area contributed by atoms with E-state index in [1.807, 2.05) is 36.4 Å². The van der Waals surface area contributed by atoms with Crippen LogP contribution in [0.5, 0.6) is 0 Å². The van der Waals surface area contributed by atoms with Gasteiger partial charge in [-0.15, -0.1) is 0 Å². The van der Waals surface area contributed by atoms with Gasteiger partial charge in [-0.2, -0.15) is 0 Å². The van der Waals surface area contributed by atoms with Crippen LogP contribution in [0.1, 0.15) is 42.5 Å². The summed E-state index contributed by atoms with van der Waals surface area (Å²) in [6, 6.07) is 13.2. The molecule has 120 valence electrons. The van der Waals surface area contributed by atoms with Crippen LogP contribution in [0.15, 0.2) is 42.5 Å². The fraction of sp³-hybridized carbons (Fsp3) is 0.368. The number of fused-ring (bicyclic) bond motifs is 1. The normalized spacial score (nSPS) is 21.6. The van der Waals surface area contributed by atoms with Gasteiger partial charge >= 0.3 is 5.97 Å². The zero-order chi connectivity index (χ0) is 16.2. The highest BCUT2D eigenvalue weighted by atomic mass is 16.4. The van der Waals surface area contributed by atoms with Gasteiger partial charge in [0.05, 0.1) is 5.92 Å². The Morgan fingerprint density at radius 1 is 0.957 bits per heavy atom. The van der Waals surface area contributed by atoms with Crippen LogP contribution in [0.25, 0.3) is 10.8 Å². The highest BCUT2D eigenvalue weighted by Gasteiger charge is 2.30. The maximum Gasteiger partial charge on any atom is 0.308 e. The van der Waals surface area contributed by atoms with Crippen molar-refractivity contribution in [2.75, 3.05) is 0 Å². The van der Waals surface area contributed by atoms with E-state index in [2.05, 4.69) is 5.32 Å². The van der Waals surface area contributed by atoms with Crippen LogP contribution in [0.4, 0.5) is 0 Å². The maximum atomic E-state index is 12.5. The molecule has 0 aromatic heterocycles. The number of carbonyl (C=O) groups is 2. The summed E-state index contributed by atoms with van der Waals surface area (Å²) in [5.41, 5.74) is 0.581. The lowest BCUT2D eigenvalue weighted by molar-refractivity contribution is -0.142. The molecule has 2 N–H and O–H groups in total. The molecule has 1 aliphatic carbocycles. The third-order valence-electron chi connectivity index (χ3n) is 4.66. The van der Waals surface area contributed by atoms with Gasteiger partial charge in [-0.1, -0.05) is 49.6 Å². The van der Waals surface area contributed by atoms with E-state index in [1.54, 1.807) is 6.07 Å². The summed E-state index contributed by atoms with van der Waals surface area (Å²) in [5.74, 6) is -1.48. The van der Waals surface area contributed by atoms with Crippen molar-refractivity contribution in [1.29, 1.82) is 0 Å². The van der Waals surface area contributed by atoms with Crippen molar-refractivity contribution in [3.8, 4) is 0 Å². The van der Waals surface area contributed by atoms with E-state index in [1.165, 1.54) is 0 Å². The number of rotatable bonds is 3. The van der Waals surface area contributed by atoms with Gasteiger partial charge in [-0.05, 0) is 35.7 Å². The van der Waals surface area contributed by atoms with Gasteiger partial charge in [0.25, 0.3) is 5.91 Å². The smallest absolute Gasteiger partial charge is 0.308 e. The summed E-state index contributed by atoms with van der Waals surface area (Å²) in [4.78, 5) is 24.0. The number of benzene rings is 2. The molecule has 3 rings (SSSR count). The molecule has 2 atom stereocenters. The summed E-state index contributed by atoms with van der Waals surface area (Å²) < 4.78 is 0. The number of carboxylic acids is 1. The Labute approximate surface area is 135 Å². The van der Waals surface area contributed by atoms with Crippen molar-refractivity contribution < 1.29 is 14.7 Å². The van der Waals surface area contributed by atoms with E-state index in [0.29, 0.717) is 12.0 Å². The van der Waals surface area contributed by atoms with E-state index in [-0.39, 0.29) is 11.9 Å². The zero-order valence-corrected chi connectivity index (χ0v) is 13.0. The van der Waals surface area contributed by atoms with Gasteiger partial charge in [0.1, 0.15) is 0 Å². The molecular weight excluding hydrogens is 290 g/mol. The third-order valence-corrected chi connectivity index (χ3v) is 4.66. The average Bonchev–Trinajstić information content (AvgIpc) is 2.80. The number of amides is 1. The molecule has 2 aromatic carbocycles. The van der Waals surface area contributed by atoms with Crippen LogP contribution in [-0.2, 0) is 4.79 Å². The Morgan fingerprint density at radius 3 is 2.48 bits per heavy atom. The monoisotopic (exact) mass is 311 g/mol. The summed E-state index contributed by atoms with van der Waals surface area (Å²) >= 11 is 0. The van der Waals surface area contributed by atoms with Gasteiger partial charge in [0, 0.05) is 11.6 Å². The van der Waals surface area contributed by atoms with Crippen molar-refractivity contribution in [1.82, 2.24) is 5.32 Å². The van der Waals surface area contributed by atoms with E-state index in [0.717, 1.165) is 36.5 Å². The topological polar surface area (TPSA) is 66.4 Å². The average molecular weight is 311 g/mol. The fourth-order valence-electron chi connectivity index (χ4n) is 3.36. The Morgan fingerprint density at radius 2 is 1.70 bits per heavy atom. The molecule has 0 unspecified atom stereocenters. The largest absolute Gasteiger partial charge is 0.481 e. The molecular formula is C19H21NO3. The first-order valence-electron chi connectivity index (χ1n) is 8.17. The highest BCUT2D eigenvalue weighted by molar-refractivity contribution is 5.98. The maximum absolute atomic E-state index is 12.5. The molecule has 2 aromatic rings. The third kappa shape index (κ3) is 3.52. The minimum absolute atomic E-state index is 0.186. The van der Waals surface area contributed by atoms with Crippen LogP contribution in [0.2, 0.25) is 0 Å². The molecule has 4 heteroatoms. The first kappa shape index (κ1) is 15.5. The second kappa shape index (κ2) is 6.82. The molecule has 0 saturated heterocycles. The van der Waals surface area contributed by atoms with Gasteiger partial charge < -0.3 is 10.4 Å². The predicted octanol–water partition coefficient (Wildman–Crippen LogP) is 3.60. The van der Waals surface area contributed by atoms with Crippen molar-refractivity contribution >= 4 is 22.6 Å². The van der Waals surface area contributed by atoms with Crippen LogP contribution in [-0.4, -0.2) is 23.0 Å². The molecule has 0 heterocycles. The molecule has 1 aliphatic rings. The van der Waals surface area contributed by atoms with Crippen molar-refractivity contribution in [3.63, 3.8) is 0 Å². The van der Waals surface area contributed by atoms with Crippen molar-refractivity contribution in [3.05, 3.63) is 48.0 Å². The lowest BCUT2D eigenvalue weighted by Gasteiger charge is -2.23. The van der Waals surface area contributed by atoms with E-state index in [9.17, 15) is 14.7 Å². The van der Waals surface area contributed by atoms with Crippen molar-refractivity contribution in [2.24, 2.45) is 5.92 Å². The van der Waals surface area contributed by atoms with Gasteiger partial charge in [0.2, 0.25) is 0 Å². The number of hydrogen-bond acceptors (Lipinski definition) is 2. The number of carbonyl (C=O) groups excluding carboxylic acids is 1. The molecule has 0 spiro atoms. The Hall–Kier alpha value is -2.36. The predicted molar refractivity (Wildman–Crippen MR) is 89.4 cm³/mol. The van der Waals surface area contributed by atoms with Gasteiger partial charge in [-0.3, -0.25) is 9.59 Å². The summed E-state index contributed by atoms with van der Waals surface area (Å²) in [7, 11) is 0. The molecule has 1 fully saturated rings. The standard InChI is InChI=1S/C19H21NO3/c21-18(15-11-10-13-6-4-5-7-14(13)12-15)20-17-9-3-1-2-8-16(17)19(22)23/h4-7,10-12,16-17H,1-3,8-9H2,(H,20,21)(H,22,23)/t16-,17+/m1/s1. The molecule has 0 aliphatic heterocycles. The summed E-state index contributed by atoms with van der Waals surface area (Å²) in [5, 5.41) is 14.5. The molecule has 4 nitrogen and oxygen atoms in total. The molecule has 0 bridgehead atoms. The Bertz CT molecular complexity index is 725. The van der Waals surface area contributed by atoms with Gasteiger partial charge in [-0.25, -0.2) is 0 Å². The summed E-state index contributed by atoms with van der Waals surface area (Å²) in [6.45, 7) is 0. The van der Waals surface area contributed by atoms with E-state index >= 15 is 0 Å². The lowest BCUT2D eigenvalue weighted by Crippen LogP contribution is -2.42. The Kier molecular flexibility index (Phi) is 4.60. The van der Waals surface area contributed by atoms with E-state index < -0.39 is 11.9 Å². The first-order valence-corrected chi connectivity index (χ1v) is 8.17. The molecule has 1 saturated carbocycles. The fourth-order valence-corrected chi connectivity index (χ4v) is 3.36. The molecule has 23 heavy (non-hydrogen) atoms. The second-order valence-electron chi connectivity index (χ2n) is 6.22. The number of hydrogen-bond donors (Lipinski definition) is 2. The Balaban J connectivity index is 1.79. The van der Waals surface area contributed by atoms with Gasteiger partial charge in [0.15, 0.2) is 0 Å². The number of nitrogens with one attached hydrogen (secondary N) is 1. The van der Waals surface area contributed by atoms with Crippen LogP contribution in [0.3, 0.4) is 0 Å². The SMILES string of the molecule is O=C(N[C@H]1CCCCC[C@H]1C(=O)O)c1ccc2ccccc2c1. The lowest BCUT2D eigenvalue weighted by atomic mass is 9.94. The zero-order valence-electron chi connectivity index (χ0n) is 13.0. The molecule has 0 radical (unpaired) electrons.